The van der Waals surface area contributed by atoms with Gasteiger partial charge in [0, 0.05) is 18.6 Å². The molecule has 3 rings (SSSR count). The number of hydrogen-bond donors (Lipinski definition) is 0. The molecule has 3 atom stereocenters. The van der Waals surface area contributed by atoms with Gasteiger partial charge in [-0.05, 0) is 44.9 Å². The zero-order valence-electron chi connectivity index (χ0n) is 8.59. The summed E-state index contributed by atoms with van der Waals surface area (Å²) >= 11 is 0. The predicted molar refractivity (Wildman–Crippen MR) is 52.1 cm³/mol. The van der Waals surface area contributed by atoms with Crippen molar-refractivity contribution in [2.24, 2.45) is 11.8 Å². The summed E-state index contributed by atoms with van der Waals surface area (Å²) in [6.07, 6.45) is 4.42. The lowest BCUT2D eigenvalue weighted by Crippen LogP contribution is -2.53. The summed E-state index contributed by atoms with van der Waals surface area (Å²) in [6, 6.07) is 1.69. The highest BCUT2D eigenvalue weighted by Gasteiger charge is 2.38. The fourth-order valence-electron chi connectivity index (χ4n) is 3.06. The van der Waals surface area contributed by atoms with Crippen molar-refractivity contribution >= 4 is 0 Å². The van der Waals surface area contributed by atoms with E-state index in [0.29, 0.717) is 0 Å². The van der Waals surface area contributed by atoms with E-state index in [4.69, 9.17) is 0 Å². The Morgan fingerprint density at radius 1 is 1.25 bits per heavy atom. The normalized spacial score (nSPS) is 42.5. The molecular weight excluding hydrogens is 146 g/mol. The van der Waals surface area contributed by atoms with E-state index in [1.54, 1.807) is 0 Å². The molecule has 1 aliphatic carbocycles. The maximum Gasteiger partial charge on any atom is 0.0101 e. The molecule has 0 unspecified atom stereocenters. The van der Waals surface area contributed by atoms with Gasteiger partial charge < -0.3 is 0 Å². The van der Waals surface area contributed by atoms with E-state index < -0.39 is 0 Å². The summed E-state index contributed by atoms with van der Waals surface area (Å²) in [5.74, 6) is 2.01. The molecule has 0 aromatic carbocycles. The Kier molecular flexibility index (Phi) is 2.16. The molecule has 70 valence electrons. The maximum atomic E-state index is 2.72. The minimum atomic E-state index is 0.769. The van der Waals surface area contributed by atoms with Gasteiger partial charge in [-0.25, -0.2) is 0 Å². The number of nitrogens with zero attached hydrogens (tertiary/aromatic N) is 1. The third-order valence-electron chi connectivity index (χ3n) is 3.90. The van der Waals surface area contributed by atoms with Crippen LogP contribution in [-0.2, 0) is 0 Å². The molecule has 0 radical (unpaired) electrons. The first kappa shape index (κ1) is 8.55. The molecular formula is C11H21N. The highest BCUT2D eigenvalue weighted by Crippen LogP contribution is 2.39. The first-order chi connectivity index (χ1) is 5.68. The van der Waals surface area contributed by atoms with Gasteiger partial charge in [0.25, 0.3) is 0 Å². The fourth-order valence-corrected chi connectivity index (χ4v) is 3.06. The molecule has 1 saturated carbocycles. The largest absolute Gasteiger partial charge is 0.298 e. The smallest absolute Gasteiger partial charge is 0.0101 e. The molecule has 1 heteroatoms. The molecule has 2 bridgehead atoms. The van der Waals surface area contributed by atoms with Crippen molar-refractivity contribution in [3.8, 4) is 0 Å². The third-order valence-corrected chi connectivity index (χ3v) is 3.90. The molecule has 2 saturated heterocycles. The second-order valence-electron chi connectivity index (χ2n) is 4.99. The van der Waals surface area contributed by atoms with Gasteiger partial charge in [0.2, 0.25) is 0 Å². The van der Waals surface area contributed by atoms with Gasteiger partial charge in [0.1, 0.15) is 0 Å². The minimum absolute atomic E-state index is 0.769. The Morgan fingerprint density at radius 2 is 2.00 bits per heavy atom. The quantitative estimate of drug-likeness (QED) is 0.580. The van der Waals surface area contributed by atoms with Crippen LogP contribution >= 0.6 is 0 Å². The first-order valence-electron chi connectivity index (χ1n) is 5.44. The fraction of sp³-hybridized carbons (Fsp3) is 1.00. The summed E-state index contributed by atoms with van der Waals surface area (Å²) < 4.78 is 0. The Bertz CT molecular complexity index is 164. The van der Waals surface area contributed by atoms with E-state index in [1.165, 1.54) is 25.8 Å². The molecule has 0 spiro atoms. The minimum Gasteiger partial charge on any atom is -0.298 e. The van der Waals surface area contributed by atoms with Gasteiger partial charge in [0.05, 0.1) is 0 Å². The van der Waals surface area contributed by atoms with Crippen molar-refractivity contribution in [3.63, 3.8) is 0 Å². The van der Waals surface area contributed by atoms with Crippen LogP contribution in [0.5, 0.6) is 0 Å². The first-order valence-corrected chi connectivity index (χ1v) is 5.44. The summed E-state index contributed by atoms with van der Waals surface area (Å²) in [7, 11) is 0. The number of piperidine rings is 2. The van der Waals surface area contributed by atoms with Crippen molar-refractivity contribution in [2.75, 3.05) is 6.54 Å². The van der Waals surface area contributed by atoms with E-state index in [-0.39, 0.29) is 0 Å². The predicted octanol–water partition coefficient (Wildman–Crippen LogP) is 2.52. The highest BCUT2D eigenvalue weighted by atomic mass is 15.2. The average Bonchev–Trinajstić information content (AvgIpc) is 2.04. The van der Waals surface area contributed by atoms with Crippen LogP contribution in [0.25, 0.3) is 0 Å². The van der Waals surface area contributed by atoms with Crippen molar-refractivity contribution < 1.29 is 0 Å². The molecule has 0 amide bonds. The molecule has 2 heterocycles. The Labute approximate surface area is 76.1 Å². The second-order valence-corrected chi connectivity index (χ2v) is 4.99. The molecule has 0 aromatic heterocycles. The van der Waals surface area contributed by atoms with Gasteiger partial charge in [0.15, 0.2) is 0 Å². The summed E-state index contributed by atoms with van der Waals surface area (Å²) in [6.45, 7) is 8.49. The van der Waals surface area contributed by atoms with Gasteiger partial charge >= 0.3 is 0 Å². The summed E-state index contributed by atoms with van der Waals surface area (Å²) in [5, 5.41) is 0. The molecule has 0 N–H and O–H groups in total. The van der Waals surface area contributed by atoms with E-state index in [2.05, 4.69) is 25.7 Å². The van der Waals surface area contributed by atoms with Gasteiger partial charge in [-0.3, -0.25) is 4.90 Å². The molecule has 1 nitrogen and oxygen atoms in total. The van der Waals surface area contributed by atoms with Crippen molar-refractivity contribution in [2.45, 2.75) is 52.1 Å². The van der Waals surface area contributed by atoms with Crippen LogP contribution in [0, 0.1) is 11.8 Å². The maximum absolute atomic E-state index is 2.72. The average molecular weight is 167 g/mol. The Balaban J connectivity index is 2.05. The number of fused-ring (bicyclic) bond motifs is 3. The summed E-state index contributed by atoms with van der Waals surface area (Å²) in [4.78, 5) is 2.72. The number of rotatable bonds is 1. The standard InChI is InChI=1S/C11H21N/c1-8(2)12-7-10-4-5-11(12)6-9(10)3/h8-11H,4-7H2,1-3H3/t9-,10-,11-/m1/s1. The van der Waals surface area contributed by atoms with Crippen molar-refractivity contribution in [1.82, 2.24) is 4.90 Å². The van der Waals surface area contributed by atoms with Crippen molar-refractivity contribution in [1.29, 1.82) is 0 Å². The zero-order chi connectivity index (χ0) is 8.72. The van der Waals surface area contributed by atoms with Crippen LogP contribution in [0.15, 0.2) is 0 Å². The monoisotopic (exact) mass is 167 g/mol. The van der Waals surface area contributed by atoms with Crippen LogP contribution in [0.4, 0.5) is 0 Å². The topological polar surface area (TPSA) is 3.24 Å². The van der Waals surface area contributed by atoms with Crippen LogP contribution in [-0.4, -0.2) is 23.5 Å². The lowest BCUT2D eigenvalue weighted by atomic mass is 9.72. The number of hydrogen-bond acceptors (Lipinski definition) is 1. The third kappa shape index (κ3) is 1.28. The van der Waals surface area contributed by atoms with Crippen LogP contribution in [0.1, 0.15) is 40.0 Å². The Hall–Kier alpha value is -0.0400. The van der Waals surface area contributed by atoms with Crippen molar-refractivity contribution in [3.05, 3.63) is 0 Å². The van der Waals surface area contributed by atoms with Gasteiger partial charge in [-0.2, -0.15) is 0 Å². The lowest BCUT2D eigenvalue weighted by Gasteiger charge is -2.50. The second kappa shape index (κ2) is 3.02. The molecule has 3 fully saturated rings. The van der Waals surface area contributed by atoms with E-state index in [9.17, 15) is 0 Å². The van der Waals surface area contributed by atoms with Gasteiger partial charge in [-0.15, -0.1) is 0 Å². The highest BCUT2D eigenvalue weighted by molar-refractivity contribution is 4.92. The van der Waals surface area contributed by atoms with E-state index in [0.717, 1.165) is 23.9 Å². The molecule has 12 heavy (non-hydrogen) atoms. The van der Waals surface area contributed by atoms with Gasteiger partial charge in [-0.1, -0.05) is 6.92 Å². The van der Waals surface area contributed by atoms with E-state index >= 15 is 0 Å². The molecule has 3 aliphatic rings. The Morgan fingerprint density at radius 3 is 2.42 bits per heavy atom. The summed E-state index contributed by atoms with van der Waals surface area (Å²) in [5.41, 5.74) is 0. The molecule has 2 aliphatic heterocycles. The lowest BCUT2D eigenvalue weighted by molar-refractivity contribution is -0.00791. The SMILES string of the molecule is CC(C)N1C[C@H]2CC[C@@H]1C[C@H]2C. The zero-order valence-corrected chi connectivity index (χ0v) is 8.59. The molecule has 0 aromatic rings. The van der Waals surface area contributed by atoms with Crippen LogP contribution in [0.3, 0.4) is 0 Å². The van der Waals surface area contributed by atoms with Crippen LogP contribution in [0.2, 0.25) is 0 Å². The van der Waals surface area contributed by atoms with Crippen LogP contribution < -0.4 is 0 Å². The van der Waals surface area contributed by atoms with E-state index in [1.807, 2.05) is 0 Å².